The van der Waals surface area contributed by atoms with Crippen LogP contribution in [0.4, 0.5) is 0 Å². The van der Waals surface area contributed by atoms with Crippen LogP contribution in [0.1, 0.15) is 28.7 Å². The van der Waals surface area contributed by atoms with Gasteiger partial charge in [-0.2, -0.15) is 0 Å². The van der Waals surface area contributed by atoms with Crippen molar-refractivity contribution in [2.24, 2.45) is 11.8 Å². The summed E-state index contributed by atoms with van der Waals surface area (Å²) in [5.41, 5.74) is 6.41. The zero-order chi connectivity index (χ0) is 17.8. The molecule has 0 spiro atoms. The molecule has 0 aromatic heterocycles. The monoisotopic (exact) mass is 348 g/mol. The number of rotatable bonds is 0. The lowest BCUT2D eigenvalue weighted by molar-refractivity contribution is 0.392. The summed E-state index contributed by atoms with van der Waals surface area (Å²) >= 11 is 0. The highest BCUT2D eigenvalue weighted by Gasteiger charge is 2.28. The average Bonchev–Trinajstić information content (AvgIpc) is 2.95. The van der Waals surface area contributed by atoms with Crippen LogP contribution >= 0.6 is 0 Å². The molecule has 0 amide bonds. The molecule has 0 saturated carbocycles. The van der Waals surface area contributed by atoms with Crippen molar-refractivity contribution < 1.29 is 0 Å². The predicted molar refractivity (Wildman–Crippen MR) is 114 cm³/mol. The smallest absolute Gasteiger partial charge is 0.0181 e. The van der Waals surface area contributed by atoms with Crippen molar-refractivity contribution in [1.82, 2.24) is 0 Å². The lowest BCUT2D eigenvalue weighted by Crippen LogP contribution is -2.09. The van der Waals surface area contributed by atoms with Gasteiger partial charge in [0.25, 0.3) is 0 Å². The summed E-state index contributed by atoms with van der Waals surface area (Å²) in [6.07, 6.45) is 6.33. The van der Waals surface area contributed by atoms with Crippen LogP contribution < -0.4 is 0 Å². The summed E-state index contributed by atoms with van der Waals surface area (Å²) in [5, 5.41) is 5.60. The van der Waals surface area contributed by atoms with Gasteiger partial charge in [-0.1, -0.05) is 72.8 Å². The highest BCUT2D eigenvalue weighted by molar-refractivity contribution is 5.85. The topological polar surface area (TPSA) is 0 Å². The van der Waals surface area contributed by atoms with E-state index in [1.807, 2.05) is 0 Å². The highest BCUT2D eigenvalue weighted by Crippen LogP contribution is 2.38. The van der Waals surface area contributed by atoms with Crippen LogP contribution in [0.5, 0.6) is 0 Å². The number of fused-ring (bicyclic) bond motifs is 6. The zero-order valence-electron chi connectivity index (χ0n) is 15.6. The Morgan fingerprint density at radius 1 is 0.444 bits per heavy atom. The van der Waals surface area contributed by atoms with E-state index in [0.717, 1.165) is 11.8 Å². The van der Waals surface area contributed by atoms with Crippen LogP contribution in [-0.4, -0.2) is 0 Å². The van der Waals surface area contributed by atoms with Crippen molar-refractivity contribution in [3.05, 3.63) is 95.1 Å². The Morgan fingerprint density at radius 3 is 1.04 bits per heavy atom. The predicted octanol–water partition coefficient (Wildman–Crippen LogP) is 6.51. The summed E-state index contributed by atoms with van der Waals surface area (Å²) in [6.45, 7) is 0. The van der Waals surface area contributed by atoms with Crippen LogP contribution in [0.25, 0.3) is 21.5 Å². The Labute approximate surface area is 160 Å². The van der Waals surface area contributed by atoms with E-state index >= 15 is 0 Å². The number of hydrogen-bond acceptors (Lipinski definition) is 0. The second kappa shape index (κ2) is 5.96. The summed E-state index contributed by atoms with van der Waals surface area (Å²) in [4.78, 5) is 0. The van der Waals surface area contributed by atoms with E-state index in [1.54, 1.807) is 22.3 Å². The molecule has 0 radical (unpaired) electrons. The van der Waals surface area contributed by atoms with Crippen molar-refractivity contribution in [3.8, 4) is 0 Å². The average molecular weight is 348 g/mol. The van der Waals surface area contributed by atoms with Gasteiger partial charge in [-0.25, -0.2) is 0 Å². The molecule has 4 aromatic rings. The van der Waals surface area contributed by atoms with Crippen LogP contribution in [0.3, 0.4) is 0 Å². The molecule has 27 heavy (non-hydrogen) atoms. The molecular formula is C27H24. The van der Waals surface area contributed by atoms with Gasteiger partial charge >= 0.3 is 0 Å². The molecule has 4 aromatic carbocycles. The Balaban J connectivity index is 1.44. The van der Waals surface area contributed by atoms with Crippen molar-refractivity contribution in [3.63, 3.8) is 0 Å². The molecule has 0 atom stereocenters. The van der Waals surface area contributed by atoms with Crippen LogP contribution in [0, 0.1) is 11.8 Å². The van der Waals surface area contributed by atoms with E-state index in [-0.39, 0.29) is 0 Å². The molecule has 2 aliphatic rings. The first-order chi connectivity index (χ1) is 13.3. The SMILES string of the molecule is c1ccc2cc3c(cc2c1)CC1Cc2cc4ccccc4cc2CC(C3)C1. The maximum absolute atomic E-state index is 2.48. The molecule has 0 nitrogen and oxygen atoms in total. The van der Waals surface area contributed by atoms with Crippen LogP contribution in [0.15, 0.2) is 72.8 Å². The number of hydrogen-bond donors (Lipinski definition) is 0. The molecule has 0 fully saturated rings. The first kappa shape index (κ1) is 15.5. The summed E-state index contributed by atoms with van der Waals surface area (Å²) in [6, 6.07) is 27.6. The molecule has 0 heterocycles. The fourth-order valence-electron chi connectivity index (χ4n) is 5.62. The van der Waals surface area contributed by atoms with Gasteiger partial charge in [0.05, 0.1) is 0 Å². The molecule has 0 saturated heterocycles. The van der Waals surface area contributed by atoms with Gasteiger partial charge in [0.2, 0.25) is 0 Å². The Hall–Kier alpha value is -2.60. The minimum Gasteiger partial charge on any atom is -0.0616 e. The Kier molecular flexibility index (Phi) is 3.41. The molecule has 132 valence electrons. The lowest BCUT2D eigenvalue weighted by atomic mass is 9.88. The quantitative estimate of drug-likeness (QED) is 0.340. The minimum absolute atomic E-state index is 0.778. The van der Waals surface area contributed by atoms with E-state index < -0.39 is 0 Å². The van der Waals surface area contributed by atoms with Gasteiger partial charge in [0, 0.05) is 0 Å². The standard InChI is InChI=1S/C27H24/c1-2-6-21-15-25-11-19-9-18(10-24(25)14-20(21)5-1)12-26-16-22-7-3-4-8-23(22)17-27(26)13-19/h1-8,14-19H,9-13H2. The molecule has 2 bridgehead atoms. The third-order valence-corrected chi connectivity index (χ3v) is 6.84. The van der Waals surface area contributed by atoms with Gasteiger partial charge in [0.15, 0.2) is 0 Å². The highest BCUT2D eigenvalue weighted by atomic mass is 14.3. The largest absolute Gasteiger partial charge is 0.0616 e. The van der Waals surface area contributed by atoms with Gasteiger partial charge in [-0.15, -0.1) is 0 Å². The van der Waals surface area contributed by atoms with Crippen molar-refractivity contribution >= 4 is 21.5 Å². The normalized spacial score (nSPS) is 21.3. The molecule has 0 aliphatic heterocycles. The van der Waals surface area contributed by atoms with E-state index in [0.29, 0.717) is 0 Å². The van der Waals surface area contributed by atoms with Gasteiger partial charge in [-0.3, -0.25) is 0 Å². The van der Waals surface area contributed by atoms with E-state index in [1.165, 1.54) is 53.6 Å². The minimum atomic E-state index is 0.778. The molecule has 6 rings (SSSR count). The molecule has 2 aliphatic carbocycles. The number of benzene rings is 4. The van der Waals surface area contributed by atoms with Gasteiger partial charge < -0.3 is 0 Å². The maximum atomic E-state index is 2.48. The Morgan fingerprint density at radius 2 is 0.741 bits per heavy atom. The van der Waals surface area contributed by atoms with E-state index in [4.69, 9.17) is 0 Å². The first-order valence-electron chi connectivity index (χ1n) is 10.3. The first-order valence-corrected chi connectivity index (χ1v) is 10.3. The zero-order valence-corrected chi connectivity index (χ0v) is 15.6. The Bertz CT molecular complexity index is 985. The van der Waals surface area contributed by atoms with Crippen molar-refractivity contribution in [2.75, 3.05) is 0 Å². The molecular weight excluding hydrogens is 324 g/mol. The van der Waals surface area contributed by atoms with Crippen LogP contribution in [-0.2, 0) is 25.7 Å². The summed E-state index contributed by atoms with van der Waals surface area (Å²) in [7, 11) is 0. The maximum Gasteiger partial charge on any atom is -0.0181 e. The van der Waals surface area contributed by atoms with Crippen molar-refractivity contribution in [2.45, 2.75) is 32.1 Å². The second-order valence-corrected chi connectivity index (χ2v) is 8.72. The van der Waals surface area contributed by atoms with E-state index in [9.17, 15) is 0 Å². The van der Waals surface area contributed by atoms with Gasteiger partial charge in [0.1, 0.15) is 0 Å². The molecule has 0 heteroatoms. The summed E-state index contributed by atoms with van der Waals surface area (Å²) < 4.78 is 0. The molecule has 0 N–H and O–H groups in total. The fourth-order valence-corrected chi connectivity index (χ4v) is 5.62. The third kappa shape index (κ3) is 2.67. The lowest BCUT2D eigenvalue weighted by Gasteiger charge is -2.17. The fraction of sp³-hybridized carbons (Fsp3) is 0.259. The van der Waals surface area contributed by atoms with Gasteiger partial charge in [-0.05, 0) is 87.7 Å². The summed E-state index contributed by atoms with van der Waals surface area (Å²) in [5.74, 6) is 1.56. The molecule has 0 unspecified atom stereocenters. The van der Waals surface area contributed by atoms with Crippen LogP contribution in [0.2, 0.25) is 0 Å². The van der Waals surface area contributed by atoms with Crippen molar-refractivity contribution in [1.29, 1.82) is 0 Å². The third-order valence-electron chi connectivity index (χ3n) is 6.84. The van der Waals surface area contributed by atoms with E-state index in [2.05, 4.69) is 72.8 Å². The second-order valence-electron chi connectivity index (χ2n) is 8.72.